The molecule has 0 aliphatic heterocycles. The summed E-state index contributed by atoms with van der Waals surface area (Å²) in [5.41, 5.74) is 1.55. The van der Waals surface area contributed by atoms with Gasteiger partial charge in [-0.2, -0.15) is 0 Å². The van der Waals surface area contributed by atoms with Crippen LogP contribution >= 0.6 is 31.9 Å². The van der Waals surface area contributed by atoms with E-state index in [0.29, 0.717) is 10.4 Å². The third kappa shape index (κ3) is 3.01. The summed E-state index contributed by atoms with van der Waals surface area (Å²) in [6, 6.07) is 3.11. The van der Waals surface area contributed by atoms with E-state index >= 15 is 0 Å². The van der Waals surface area contributed by atoms with Crippen LogP contribution < -0.4 is 5.32 Å². The normalized spacial score (nSPS) is 10.4. The molecule has 2 rings (SSSR count). The molecule has 0 spiro atoms. The second kappa shape index (κ2) is 5.10. The molecular weight excluding hydrogens is 353 g/mol. The van der Waals surface area contributed by atoms with Gasteiger partial charge in [0.05, 0.1) is 8.95 Å². The van der Waals surface area contributed by atoms with E-state index in [9.17, 15) is 4.39 Å². The number of hydrogen-bond donors (Lipinski definition) is 1. The number of aromatic nitrogens is 2. The van der Waals surface area contributed by atoms with Gasteiger partial charge in [-0.05, 0) is 56.5 Å². The van der Waals surface area contributed by atoms with E-state index in [-0.39, 0.29) is 5.82 Å². The molecule has 0 fully saturated rings. The van der Waals surface area contributed by atoms with Crippen molar-refractivity contribution in [3.05, 3.63) is 44.9 Å². The molecule has 0 saturated carbocycles. The Bertz CT molecular complexity index is 543. The molecule has 3 nitrogen and oxygen atoms in total. The Kier molecular flexibility index (Phi) is 3.73. The molecule has 0 aliphatic rings. The lowest BCUT2D eigenvalue weighted by Gasteiger charge is -2.09. The first-order valence-corrected chi connectivity index (χ1v) is 6.35. The maximum atomic E-state index is 13.2. The van der Waals surface area contributed by atoms with Crippen molar-refractivity contribution in [2.45, 2.75) is 6.92 Å². The van der Waals surface area contributed by atoms with Crippen molar-refractivity contribution in [2.24, 2.45) is 0 Å². The summed E-state index contributed by atoms with van der Waals surface area (Å²) < 4.78 is 14.5. The Balaban J connectivity index is 2.30. The summed E-state index contributed by atoms with van der Waals surface area (Å²) in [6.07, 6.45) is 3.28. The average molecular weight is 361 g/mol. The Hall–Kier alpha value is -1.01. The molecule has 0 atom stereocenters. The summed E-state index contributed by atoms with van der Waals surface area (Å²) in [5.74, 6) is 0.180. The number of aryl methyl sites for hydroxylation is 1. The molecule has 17 heavy (non-hydrogen) atoms. The smallest absolute Gasteiger partial charge is 0.227 e. The van der Waals surface area contributed by atoms with Gasteiger partial charge in [-0.25, -0.2) is 14.4 Å². The van der Waals surface area contributed by atoms with E-state index in [1.54, 1.807) is 18.5 Å². The lowest BCUT2D eigenvalue weighted by Crippen LogP contribution is -1.98. The maximum absolute atomic E-state index is 13.2. The first kappa shape index (κ1) is 12.4. The van der Waals surface area contributed by atoms with Gasteiger partial charge in [0.15, 0.2) is 0 Å². The van der Waals surface area contributed by atoms with Gasteiger partial charge in [0, 0.05) is 18.1 Å². The number of rotatable bonds is 2. The van der Waals surface area contributed by atoms with Crippen LogP contribution in [0.15, 0.2) is 33.5 Å². The number of nitrogens with one attached hydrogen (secondary N) is 1. The fourth-order valence-corrected chi connectivity index (χ4v) is 1.83. The topological polar surface area (TPSA) is 37.8 Å². The quantitative estimate of drug-likeness (QED) is 0.872. The third-order valence-corrected chi connectivity index (χ3v) is 3.15. The first-order chi connectivity index (χ1) is 8.06. The molecule has 88 valence electrons. The van der Waals surface area contributed by atoms with Crippen LogP contribution in [0.2, 0.25) is 0 Å². The van der Waals surface area contributed by atoms with Crippen LogP contribution in [0.1, 0.15) is 5.56 Å². The molecule has 1 heterocycles. The molecule has 0 saturated heterocycles. The van der Waals surface area contributed by atoms with Gasteiger partial charge in [-0.15, -0.1) is 0 Å². The molecule has 0 unspecified atom stereocenters. The second-order valence-electron chi connectivity index (χ2n) is 3.43. The lowest BCUT2D eigenvalue weighted by molar-refractivity contribution is 0.620. The SMILES string of the molecule is Cc1cc(F)c(Br)cc1Nc1ncc(Br)cn1. The van der Waals surface area contributed by atoms with Crippen LogP contribution in [-0.2, 0) is 0 Å². The maximum Gasteiger partial charge on any atom is 0.227 e. The second-order valence-corrected chi connectivity index (χ2v) is 5.20. The van der Waals surface area contributed by atoms with E-state index in [0.717, 1.165) is 15.7 Å². The zero-order valence-corrected chi connectivity index (χ0v) is 12.0. The van der Waals surface area contributed by atoms with Crippen LogP contribution in [0.4, 0.5) is 16.0 Å². The fourth-order valence-electron chi connectivity index (χ4n) is 1.28. The van der Waals surface area contributed by atoms with E-state index < -0.39 is 0 Å². The summed E-state index contributed by atoms with van der Waals surface area (Å²) in [4.78, 5) is 8.18. The van der Waals surface area contributed by atoms with Gasteiger partial charge in [0.1, 0.15) is 5.82 Å². The van der Waals surface area contributed by atoms with Crippen molar-refractivity contribution in [1.29, 1.82) is 0 Å². The van der Waals surface area contributed by atoms with Gasteiger partial charge in [0.2, 0.25) is 5.95 Å². The number of halogens is 3. The number of nitrogens with zero attached hydrogens (tertiary/aromatic N) is 2. The minimum absolute atomic E-state index is 0.287. The zero-order chi connectivity index (χ0) is 12.4. The standard InChI is InChI=1S/C11H8Br2FN3/c1-6-2-9(14)8(13)3-10(6)17-11-15-4-7(12)5-16-11/h2-5H,1H3,(H,15,16,17). The van der Waals surface area contributed by atoms with Crippen molar-refractivity contribution in [3.63, 3.8) is 0 Å². The molecule has 0 radical (unpaired) electrons. The summed E-state index contributed by atoms with van der Waals surface area (Å²) >= 11 is 6.40. The molecule has 0 bridgehead atoms. The predicted octanol–water partition coefficient (Wildman–Crippen LogP) is 4.19. The van der Waals surface area contributed by atoms with Crippen molar-refractivity contribution in [2.75, 3.05) is 5.32 Å². The molecular formula is C11H8Br2FN3. The van der Waals surface area contributed by atoms with Crippen LogP contribution in [0.3, 0.4) is 0 Å². The summed E-state index contributed by atoms with van der Waals surface area (Å²) in [7, 11) is 0. The molecule has 1 aromatic heterocycles. The molecule has 0 amide bonds. The minimum atomic E-state index is -0.287. The van der Waals surface area contributed by atoms with Gasteiger partial charge < -0.3 is 5.32 Å². The summed E-state index contributed by atoms with van der Waals surface area (Å²) in [5, 5.41) is 3.03. The Morgan fingerprint density at radius 3 is 2.47 bits per heavy atom. The van der Waals surface area contributed by atoms with Gasteiger partial charge >= 0.3 is 0 Å². The highest BCUT2D eigenvalue weighted by molar-refractivity contribution is 9.10. The van der Waals surface area contributed by atoms with E-state index in [2.05, 4.69) is 47.1 Å². The van der Waals surface area contributed by atoms with Crippen LogP contribution in [0.5, 0.6) is 0 Å². The Labute approximate surface area is 115 Å². The van der Waals surface area contributed by atoms with Gasteiger partial charge in [-0.1, -0.05) is 0 Å². The third-order valence-electron chi connectivity index (χ3n) is 2.13. The average Bonchev–Trinajstić information content (AvgIpc) is 2.29. The van der Waals surface area contributed by atoms with Crippen LogP contribution in [0.25, 0.3) is 0 Å². The Morgan fingerprint density at radius 1 is 1.18 bits per heavy atom. The highest BCUT2D eigenvalue weighted by Gasteiger charge is 2.06. The van der Waals surface area contributed by atoms with Crippen molar-refractivity contribution >= 4 is 43.5 Å². The number of benzene rings is 1. The monoisotopic (exact) mass is 359 g/mol. The van der Waals surface area contributed by atoms with E-state index in [1.165, 1.54) is 6.07 Å². The zero-order valence-electron chi connectivity index (χ0n) is 8.84. The van der Waals surface area contributed by atoms with Crippen LogP contribution in [-0.4, -0.2) is 9.97 Å². The summed E-state index contributed by atoms with van der Waals surface area (Å²) in [6.45, 7) is 1.82. The van der Waals surface area contributed by atoms with E-state index in [4.69, 9.17) is 0 Å². The molecule has 2 aromatic rings. The first-order valence-electron chi connectivity index (χ1n) is 4.76. The highest BCUT2D eigenvalue weighted by Crippen LogP contribution is 2.25. The number of anilines is 2. The number of hydrogen-bond acceptors (Lipinski definition) is 3. The van der Waals surface area contributed by atoms with Gasteiger partial charge in [0.25, 0.3) is 0 Å². The lowest BCUT2D eigenvalue weighted by atomic mass is 10.2. The predicted molar refractivity (Wildman–Crippen MR) is 71.9 cm³/mol. The van der Waals surface area contributed by atoms with Crippen molar-refractivity contribution in [1.82, 2.24) is 9.97 Å². The Morgan fingerprint density at radius 2 is 1.82 bits per heavy atom. The van der Waals surface area contributed by atoms with Crippen LogP contribution in [0, 0.1) is 12.7 Å². The van der Waals surface area contributed by atoms with Gasteiger partial charge in [-0.3, -0.25) is 0 Å². The fraction of sp³-hybridized carbons (Fsp3) is 0.0909. The minimum Gasteiger partial charge on any atom is -0.324 e. The molecule has 1 aromatic carbocycles. The molecule has 1 N–H and O–H groups in total. The highest BCUT2D eigenvalue weighted by atomic mass is 79.9. The molecule has 6 heteroatoms. The van der Waals surface area contributed by atoms with Crippen molar-refractivity contribution < 1.29 is 4.39 Å². The van der Waals surface area contributed by atoms with E-state index in [1.807, 2.05) is 6.92 Å². The van der Waals surface area contributed by atoms with Crippen molar-refractivity contribution in [3.8, 4) is 0 Å². The molecule has 0 aliphatic carbocycles. The largest absolute Gasteiger partial charge is 0.324 e.